The molecule has 0 aliphatic rings. The van der Waals surface area contributed by atoms with Crippen molar-refractivity contribution in [3.63, 3.8) is 0 Å². The molecule has 11 heavy (non-hydrogen) atoms. The fourth-order valence-corrected chi connectivity index (χ4v) is 0.857. The van der Waals surface area contributed by atoms with Gasteiger partial charge < -0.3 is 10.4 Å². The average Bonchev–Trinajstić information content (AvgIpc) is 1.96. The average molecular weight is 178 g/mol. The molecule has 0 aliphatic carbocycles. The van der Waals surface area contributed by atoms with Crippen molar-refractivity contribution in [2.45, 2.75) is 19.3 Å². The summed E-state index contributed by atoms with van der Waals surface area (Å²) in [6.45, 7) is 5.48. The molecule has 0 unspecified atom stereocenters. The van der Waals surface area contributed by atoms with Gasteiger partial charge >= 0.3 is 0 Å². The van der Waals surface area contributed by atoms with E-state index >= 15 is 0 Å². The van der Waals surface area contributed by atoms with Crippen molar-refractivity contribution in [3.05, 3.63) is 11.6 Å². The molecule has 0 amide bonds. The molecule has 0 aromatic carbocycles. The Morgan fingerprint density at radius 1 is 1.36 bits per heavy atom. The maximum absolute atomic E-state index is 8.46. The number of hydrogen-bond donors (Lipinski definition) is 2. The van der Waals surface area contributed by atoms with E-state index in [4.69, 9.17) is 16.7 Å². The van der Waals surface area contributed by atoms with Gasteiger partial charge in [0, 0.05) is 18.2 Å². The largest absolute Gasteiger partial charge is 0.396 e. The van der Waals surface area contributed by atoms with Crippen molar-refractivity contribution in [2.24, 2.45) is 0 Å². The van der Waals surface area contributed by atoms with Crippen LogP contribution in [0, 0.1) is 0 Å². The molecule has 0 saturated carbocycles. The molecule has 0 fully saturated rings. The monoisotopic (exact) mass is 177 g/mol. The summed E-state index contributed by atoms with van der Waals surface area (Å²) in [5.41, 5.74) is 0. The zero-order valence-corrected chi connectivity index (χ0v) is 7.53. The molecule has 0 radical (unpaired) electrons. The van der Waals surface area contributed by atoms with Crippen molar-refractivity contribution in [1.82, 2.24) is 5.32 Å². The summed E-state index contributed by atoms with van der Waals surface area (Å²) in [6, 6.07) is 0. The maximum atomic E-state index is 8.46. The lowest BCUT2D eigenvalue weighted by atomic mass is 10.2. The molecule has 0 saturated heterocycles. The van der Waals surface area contributed by atoms with Crippen LogP contribution in [0.1, 0.15) is 19.3 Å². The summed E-state index contributed by atoms with van der Waals surface area (Å²) in [7, 11) is 0. The standard InChI is InChI=1S/C8H16ClNO/c1-8(9)7-10-5-3-2-4-6-11/h10-11H,1-7H2. The van der Waals surface area contributed by atoms with Crippen molar-refractivity contribution in [3.8, 4) is 0 Å². The van der Waals surface area contributed by atoms with E-state index in [-0.39, 0.29) is 0 Å². The molecule has 66 valence electrons. The summed E-state index contributed by atoms with van der Waals surface area (Å²) >= 11 is 5.52. The first kappa shape index (κ1) is 11.0. The first-order chi connectivity index (χ1) is 5.27. The Morgan fingerprint density at radius 2 is 2.09 bits per heavy atom. The van der Waals surface area contributed by atoms with Gasteiger partial charge in [0.25, 0.3) is 0 Å². The van der Waals surface area contributed by atoms with E-state index in [9.17, 15) is 0 Å². The van der Waals surface area contributed by atoms with Gasteiger partial charge in [0.15, 0.2) is 0 Å². The lowest BCUT2D eigenvalue weighted by Crippen LogP contribution is -2.16. The highest BCUT2D eigenvalue weighted by Crippen LogP contribution is 1.94. The van der Waals surface area contributed by atoms with Gasteiger partial charge in [-0.05, 0) is 25.8 Å². The summed E-state index contributed by atoms with van der Waals surface area (Å²) in [6.07, 6.45) is 3.05. The van der Waals surface area contributed by atoms with E-state index < -0.39 is 0 Å². The fraction of sp³-hybridized carbons (Fsp3) is 0.750. The highest BCUT2D eigenvalue weighted by Gasteiger charge is 1.89. The zero-order chi connectivity index (χ0) is 8.53. The number of unbranched alkanes of at least 4 members (excludes halogenated alkanes) is 2. The van der Waals surface area contributed by atoms with Crippen LogP contribution >= 0.6 is 11.6 Å². The molecule has 0 aromatic rings. The van der Waals surface area contributed by atoms with Crippen LogP contribution in [-0.4, -0.2) is 24.8 Å². The quantitative estimate of drug-likeness (QED) is 0.578. The lowest BCUT2D eigenvalue weighted by Gasteiger charge is -2.01. The van der Waals surface area contributed by atoms with Crippen molar-refractivity contribution < 1.29 is 5.11 Å². The lowest BCUT2D eigenvalue weighted by molar-refractivity contribution is 0.283. The Morgan fingerprint density at radius 3 is 2.64 bits per heavy atom. The van der Waals surface area contributed by atoms with Gasteiger partial charge in [-0.1, -0.05) is 18.2 Å². The second-order valence-corrected chi connectivity index (χ2v) is 3.01. The zero-order valence-electron chi connectivity index (χ0n) is 6.77. The van der Waals surface area contributed by atoms with Gasteiger partial charge in [0.2, 0.25) is 0 Å². The van der Waals surface area contributed by atoms with E-state index in [1.807, 2.05) is 0 Å². The summed E-state index contributed by atoms with van der Waals surface area (Å²) in [5.74, 6) is 0. The molecule has 3 heteroatoms. The number of aliphatic hydroxyl groups excluding tert-OH is 1. The molecular formula is C8H16ClNO. The molecule has 0 rings (SSSR count). The van der Waals surface area contributed by atoms with Crippen LogP contribution in [0.4, 0.5) is 0 Å². The second-order valence-electron chi connectivity index (χ2n) is 2.48. The van der Waals surface area contributed by atoms with E-state index in [0.29, 0.717) is 18.2 Å². The van der Waals surface area contributed by atoms with Gasteiger partial charge in [-0.2, -0.15) is 0 Å². The van der Waals surface area contributed by atoms with E-state index in [2.05, 4.69) is 11.9 Å². The van der Waals surface area contributed by atoms with Crippen LogP contribution in [0.3, 0.4) is 0 Å². The third kappa shape index (κ3) is 9.95. The number of aliphatic hydroxyl groups is 1. The number of halogens is 1. The van der Waals surface area contributed by atoms with E-state index in [1.165, 1.54) is 0 Å². The predicted molar refractivity (Wildman–Crippen MR) is 48.8 cm³/mol. The molecular weight excluding hydrogens is 162 g/mol. The first-order valence-electron chi connectivity index (χ1n) is 3.92. The molecule has 0 atom stereocenters. The summed E-state index contributed by atoms with van der Waals surface area (Å²) in [4.78, 5) is 0. The van der Waals surface area contributed by atoms with E-state index in [1.54, 1.807) is 0 Å². The van der Waals surface area contributed by atoms with Crippen LogP contribution in [0.25, 0.3) is 0 Å². The van der Waals surface area contributed by atoms with Gasteiger partial charge in [0.1, 0.15) is 0 Å². The Labute approximate surface area is 73.3 Å². The van der Waals surface area contributed by atoms with Crippen LogP contribution < -0.4 is 5.32 Å². The van der Waals surface area contributed by atoms with Crippen molar-refractivity contribution >= 4 is 11.6 Å². The van der Waals surface area contributed by atoms with Crippen molar-refractivity contribution in [2.75, 3.05) is 19.7 Å². The fourth-order valence-electron chi connectivity index (χ4n) is 0.763. The Kier molecular flexibility index (Phi) is 8.01. The van der Waals surface area contributed by atoms with Crippen LogP contribution in [0.2, 0.25) is 0 Å². The predicted octanol–water partition coefficient (Wildman–Crippen LogP) is 1.49. The molecule has 0 bridgehead atoms. The minimum atomic E-state index is 0.294. The number of nitrogens with one attached hydrogen (secondary N) is 1. The van der Waals surface area contributed by atoms with Gasteiger partial charge in [-0.3, -0.25) is 0 Å². The first-order valence-corrected chi connectivity index (χ1v) is 4.30. The van der Waals surface area contributed by atoms with Crippen molar-refractivity contribution in [1.29, 1.82) is 0 Å². The third-order valence-electron chi connectivity index (χ3n) is 1.33. The molecule has 2 nitrogen and oxygen atoms in total. The minimum Gasteiger partial charge on any atom is -0.396 e. The van der Waals surface area contributed by atoms with Crippen LogP contribution in [0.5, 0.6) is 0 Å². The number of hydrogen-bond acceptors (Lipinski definition) is 2. The number of rotatable bonds is 7. The third-order valence-corrected chi connectivity index (χ3v) is 1.46. The maximum Gasteiger partial charge on any atom is 0.0431 e. The van der Waals surface area contributed by atoms with Gasteiger partial charge in [-0.25, -0.2) is 0 Å². The minimum absolute atomic E-state index is 0.294. The molecule has 2 N–H and O–H groups in total. The summed E-state index contributed by atoms with van der Waals surface area (Å²) < 4.78 is 0. The van der Waals surface area contributed by atoms with Gasteiger partial charge in [-0.15, -0.1) is 0 Å². The topological polar surface area (TPSA) is 32.3 Å². The Bertz CT molecular complexity index is 106. The smallest absolute Gasteiger partial charge is 0.0431 e. The molecule has 0 aromatic heterocycles. The summed E-state index contributed by atoms with van der Waals surface area (Å²) in [5, 5.41) is 12.2. The Hall–Kier alpha value is -0.0500. The molecule has 0 aliphatic heterocycles. The normalized spacial score (nSPS) is 10.0. The van der Waals surface area contributed by atoms with Crippen LogP contribution in [0.15, 0.2) is 11.6 Å². The van der Waals surface area contributed by atoms with Gasteiger partial charge in [0.05, 0.1) is 0 Å². The molecule has 0 spiro atoms. The highest BCUT2D eigenvalue weighted by atomic mass is 35.5. The second kappa shape index (κ2) is 8.05. The Balaban J connectivity index is 2.85. The molecule has 0 heterocycles. The SMILES string of the molecule is C=C(Cl)CNCCCCCO. The van der Waals surface area contributed by atoms with Crippen LogP contribution in [-0.2, 0) is 0 Å². The highest BCUT2D eigenvalue weighted by molar-refractivity contribution is 6.29. The van der Waals surface area contributed by atoms with E-state index in [0.717, 1.165) is 25.8 Å².